The molecular weight excluding hydrogens is 761 g/mol. The molecule has 0 aliphatic rings. The maximum atomic E-state index is 6.71. The van der Waals surface area contributed by atoms with Crippen molar-refractivity contribution in [1.29, 1.82) is 0 Å². The Morgan fingerprint density at radius 3 is 1.44 bits per heavy atom. The van der Waals surface area contributed by atoms with Gasteiger partial charge in [0.2, 0.25) is 0 Å². The van der Waals surface area contributed by atoms with Crippen LogP contribution >= 0.6 is 0 Å². The molecule has 0 bridgehead atoms. The third kappa shape index (κ3) is 5.86. The van der Waals surface area contributed by atoms with Gasteiger partial charge in [0, 0.05) is 78.8 Å². The topological polar surface area (TPSA) is 45.9 Å². The maximum Gasteiger partial charge on any atom is 0.137 e. The van der Waals surface area contributed by atoms with Crippen molar-refractivity contribution in [1.82, 2.24) is 0 Å². The van der Waals surface area contributed by atoms with Crippen LogP contribution in [0.4, 0.5) is 34.1 Å². The third-order valence-corrected chi connectivity index (χ3v) is 12.1. The molecule has 294 valence electrons. The number of fused-ring (bicyclic) bond motifs is 9. The SMILES string of the molecule is C=C/C=C\c1c(C)oc2cc(N(c3ccccc3)c3ccc4cc5c(cc4c3)oc3cc4cc(N(c6ccccc6)c6ccc7c(c6)oc6ccccc67)ccc4cc35)ccc12. The van der Waals surface area contributed by atoms with Crippen LogP contribution < -0.4 is 9.80 Å². The van der Waals surface area contributed by atoms with Crippen LogP contribution in [0, 0.1) is 6.92 Å². The van der Waals surface area contributed by atoms with Crippen LogP contribution in [0.1, 0.15) is 11.3 Å². The first-order valence-electron chi connectivity index (χ1n) is 20.8. The Balaban J connectivity index is 0.947. The highest BCUT2D eigenvalue weighted by atomic mass is 16.3. The normalized spacial score (nSPS) is 12.0. The minimum Gasteiger partial charge on any atom is -0.461 e. The first kappa shape index (κ1) is 35.6. The van der Waals surface area contributed by atoms with E-state index in [0.29, 0.717) is 0 Å². The largest absolute Gasteiger partial charge is 0.461 e. The number of aryl methyl sites for hydroxylation is 1. The number of anilines is 6. The molecule has 3 aromatic heterocycles. The van der Waals surface area contributed by atoms with E-state index >= 15 is 0 Å². The van der Waals surface area contributed by atoms with Gasteiger partial charge in [0.1, 0.15) is 33.7 Å². The highest BCUT2D eigenvalue weighted by molar-refractivity contribution is 6.14. The Morgan fingerprint density at radius 2 is 0.839 bits per heavy atom. The van der Waals surface area contributed by atoms with Crippen LogP contribution in [0.3, 0.4) is 0 Å². The lowest BCUT2D eigenvalue weighted by molar-refractivity contribution is 0.577. The fourth-order valence-corrected chi connectivity index (χ4v) is 9.16. The predicted molar refractivity (Wildman–Crippen MR) is 259 cm³/mol. The molecular formula is C57H38N2O3. The summed E-state index contributed by atoms with van der Waals surface area (Å²) in [5, 5.41) is 9.96. The van der Waals surface area contributed by atoms with E-state index in [1.807, 2.05) is 37.3 Å². The second-order valence-electron chi connectivity index (χ2n) is 15.8. The van der Waals surface area contributed by atoms with Crippen molar-refractivity contribution < 1.29 is 13.3 Å². The third-order valence-electron chi connectivity index (χ3n) is 12.1. The Kier molecular flexibility index (Phi) is 8.15. The molecule has 0 amide bonds. The van der Waals surface area contributed by atoms with Crippen molar-refractivity contribution in [2.24, 2.45) is 0 Å². The Morgan fingerprint density at radius 1 is 0.371 bits per heavy atom. The molecule has 0 N–H and O–H groups in total. The highest BCUT2D eigenvalue weighted by Gasteiger charge is 2.19. The lowest BCUT2D eigenvalue weighted by Crippen LogP contribution is -2.09. The lowest BCUT2D eigenvalue weighted by Gasteiger charge is -2.25. The summed E-state index contributed by atoms with van der Waals surface area (Å²) in [5.74, 6) is 0.877. The number of benzene rings is 9. The van der Waals surface area contributed by atoms with Crippen LogP contribution in [0.5, 0.6) is 0 Å². The smallest absolute Gasteiger partial charge is 0.137 e. The zero-order valence-corrected chi connectivity index (χ0v) is 33.9. The molecule has 62 heavy (non-hydrogen) atoms. The molecule has 0 aliphatic heterocycles. The van der Waals surface area contributed by atoms with Gasteiger partial charge < -0.3 is 23.1 Å². The van der Waals surface area contributed by atoms with E-state index < -0.39 is 0 Å². The first-order chi connectivity index (χ1) is 30.6. The van der Waals surface area contributed by atoms with Gasteiger partial charge in [-0.15, -0.1) is 0 Å². The Bertz CT molecular complexity index is 3740. The average Bonchev–Trinajstić information content (AvgIpc) is 3.96. The molecule has 9 aromatic carbocycles. The van der Waals surface area contributed by atoms with E-state index in [-0.39, 0.29) is 0 Å². The summed E-state index contributed by atoms with van der Waals surface area (Å²) in [7, 11) is 0. The van der Waals surface area contributed by atoms with Gasteiger partial charge in [-0.05, 0) is 132 Å². The molecule has 5 heteroatoms. The van der Waals surface area contributed by atoms with Crippen molar-refractivity contribution in [3.8, 4) is 0 Å². The summed E-state index contributed by atoms with van der Waals surface area (Å²) in [6.45, 7) is 5.84. The predicted octanol–water partition coefficient (Wildman–Crippen LogP) is 17.0. The summed E-state index contributed by atoms with van der Waals surface area (Å²) in [6, 6.07) is 64.2. The van der Waals surface area contributed by atoms with Gasteiger partial charge in [-0.2, -0.15) is 0 Å². The number of hydrogen-bond acceptors (Lipinski definition) is 5. The molecule has 0 saturated carbocycles. The molecule has 0 aliphatic carbocycles. The van der Waals surface area contributed by atoms with Crippen LogP contribution in [0.15, 0.2) is 214 Å². The van der Waals surface area contributed by atoms with Gasteiger partial charge in [-0.3, -0.25) is 0 Å². The fourth-order valence-electron chi connectivity index (χ4n) is 9.16. The molecule has 0 saturated heterocycles. The van der Waals surface area contributed by atoms with E-state index in [1.165, 1.54) is 0 Å². The highest BCUT2D eigenvalue weighted by Crippen LogP contribution is 2.43. The first-order valence-corrected chi connectivity index (χ1v) is 20.8. The van der Waals surface area contributed by atoms with Crippen molar-refractivity contribution in [3.05, 3.63) is 212 Å². The number of hydrogen-bond donors (Lipinski definition) is 0. The number of allylic oxidation sites excluding steroid dienone is 2. The molecule has 0 radical (unpaired) electrons. The summed E-state index contributed by atoms with van der Waals surface area (Å²) in [6.07, 6.45) is 5.78. The summed E-state index contributed by atoms with van der Waals surface area (Å²) in [4.78, 5) is 4.56. The van der Waals surface area contributed by atoms with Crippen LogP contribution in [-0.4, -0.2) is 0 Å². The zero-order valence-electron chi connectivity index (χ0n) is 33.9. The van der Waals surface area contributed by atoms with Crippen LogP contribution in [0.2, 0.25) is 0 Å². The van der Waals surface area contributed by atoms with Gasteiger partial charge in [0.15, 0.2) is 0 Å². The lowest BCUT2D eigenvalue weighted by atomic mass is 10.0. The standard InChI is InChI=1S/C57H38N2O3/c1-3-4-17-47-36(2)60-56-34-45(24-26-49(47)56)58(41-13-7-5-8-14-41)43-22-20-37-30-51-52-31-38-21-23-44(29-40(38)33-55(52)62-54(51)32-39(37)28-43)59(42-15-9-6-10-16-42)46-25-27-50-48-18-11-12-19-53(48)61-57(50)35-46/h3-35H,1H2,2H3/b17-4-. The zero-order chi connectivity index (χ0) is 41.3. The van der Waals surface area contributed by atoms with E-state index in [4.69, 9.17) is 13.3 Å². The van der Waals surface area contributed by atoms with Crippen molar-refractivity contribution in [2.45, 2.75) is 6.92 Å². The minimum atomic E-state index is 0.839. The molecule has 0 spiro atoms. The van der Waals surface area contributed by atoms with Gasteiger partial charge in [-0.25, -0.2) is 0 Å². The molecule has 12 aromatic rings. The van der Waals surface area contributed by atoms with Crippen LogP contribution in [-0.2, 0) is 0 Å². The summed E-state index contributed by atoms with van der Waals surface area (Å²) < 4.78 is 19.3. The Hall–Kier alpha value is -8.28. The van der Waals surface area contributed by atoms with Crippen molar-refractivity contribution in [2.75, 3.05) is 9.80 Å². The monoisotopic (exact) mass is 798 g/mol. The fraction of sp³-hybridized carbons (Fsp3) is 0.0175. The van der Waals surface area contributed by atoms with E-state index in [2.05, 4.69) is 180 Å². The summed E-state index contributed by atoms with van der Waals surface area (Å²) in [5.41, 5.74) is 11.6. The number of furan rings is 3. The van der Waals surface area contributed by atoms with Crippen LogP contribution in [0.25, 0.3) is 82.5 Å². The van der Waals surface area contributed by atoms with Gasteiger partial charge in [0.05, 0.1) is 0 Å². The minimum absolute atomic E-state index is 0.839. The Labute approximate surface area is 357 Å². The average molecular weight is 799 g/mol. The van der Waals surface area contributed by atoms with E-state index in [0.717, 1.165) is 122 Å². The molecule has 3 heterocycles. The number of nitrogens with zero attached hydrogens (tertiary/aromatic N) is 2. The van der Waals surface area contributed by atoms with E-state index in [9.17, 15) is 0 Å². The second-order valence-corrected chi connectivity index (χ2v) is 15.8. The molecule has 12 rings (SSSR count). The molecule has 0 atom stereocenters. The van der Waals surface area contributed by atoms with Gasteiger partial charge in [0.25, 0.3) is 0 Å². The van der Waals surface area contributed by atoms with Gasteiger partial charge in [-0.1, -0.05) is 91.5 Å². The quantitative estimate of drug-likeness (QED) is 0.143. The van der Waals surface area contributed by atoms with Crippen molar-refractivity contribution >= 4 is 117 Å². The van der Waals surface area contributed by atoms with Crippen molar-refractivity contribution in [3.63, 3.8) is 0 Å². The second kappa shape index (κ2) is 14.2. The van der Waals surface area contributed by atoms with E-state index in [1.54, 1.807) is 6.08 Å². The summed E-state index contributed by atoms with van der Waals surface area (Å²) >= 11 is 0. The number of rotatable bonds is 8. The maximum absolute atomic E-state index is 6.71. The van der Waals surface area contributed by atoms with Gasteiger partial charge >= 0.3 is 0 Å². The molecule has 0 fully saturated rings. The number of para-hydroxylation sites is 3. The molecule has 5 nitrogen and oxygen atoms in total. The molecule has 0 unspecified atom stereocenters.